The summed E-state index contributed by atoms with van der Waals surface area (Å²) in [6.45, 7) is 5.57. The third kappa shape index (κ3) is 6.89. The third-order valence-electron chi connectivity index (χ3n) is 4.97. The van der Waals surface area contributed by atoms with E-state index in [9.17, 15) is 22.4 Å². The molecule has 0 spiro atoms. The second-order valence-electron chi connectivity index (χ2n) is 8.41. The fraction of sp³-hybridized carbons (Fsp3) is 0.231. The molecule has 0 unspecified atom stereocenters. The first-order valence-electron chi connectivity index (χ1n) is 11.0. The summed E-state index contributed by atoms with van der Waals surface area (Å²) >= 11 is 0. The molecule has 7 nitrogen and oxygen atoms in total. The van der Waals surface area contributed by atoms with Crippen LogP contribution >= 0.6 is 0 Å². The Morgan fingerprint density at radius 1 is 0.971 bits per heavy atom. The monoisotopic (exact) mass is 498 g/mol. The van der Waals surface area contributed by atoms with Crippen LogP contribution in [0, 0.1) is 11.7 Å². The van der Waals surface area contributed by atoms with E-state index in [4.69, 9.17) is 4.18 Å². The summed E-state index contributed by atoms with van der Waals surface area (Å²) in [6.07, 6.45) is 0. The first kappa shape index (κ1) is 25.9. The quantitative estimate of drug-likeness (QED) is 0.426. The molecule has 3 aromatic carbocycles. The van der Waals surface area contributed by atoms with Crippen LogP contribution in [0.15, 0.2) is 77.7 Å². The van der Waals surface area contributed by atoms with Crippen molar-refractivity contribution >= 4 is 27.6 Å². The van der Waals surface area contributed by atoms with Crippen LogP contribution in [0.3, 0.4) is 0 Å². The van der Waals surface area contributed by atoms with Crippen molar-refractivity contribution in [2.24, 2.45) is 5.92 Å². The van der Waals surface area contributed by atoms with Crippen LogP contribution in [0.2, 0.25) is 0 Å². The zero-order chi connectivity index (χ0) is 25.6. The highest BCUT2D eigenvalue weighted by molar-refractivity contribution is 7.87. The van der Waals surface area contributed by atoms with Gasteiger partial charge < -0.3 is 14.4 Å². The molecule has 0 aliphatic heterocycles. The molecule has 0 aromatic heterocycles. The van der Waals surface area contributed by atoms with Crippen molar-refractivity contribution in [1.82, 2.24) is 4.90 Å². The zero-order valence-electron chi connectivity index (χ0n) is 19.7. The summed E-state index contributed by atoms with van der Waals surface area (Å²) in [4.78, 5) is 25.7. The molecule has 0 fully saturated rings. The topological polar surface area (TPSA) is 92.8 Å². The summed E-state index contributed by atoms with van der Waals surface area (Å²) in [5, 5.41) is 2.57. The van der Waals surface area contributed by atoms with Gasteiger partial charge in [0.2, 0.25) is 5.91 Å². The van der Waals surface area contributed by atoms with Crippen LogP contribution in [-0.2, 0) is 21.5 Å². The van der Waals surface area contributed by atoms with Gasteiger partial charge in [-0.25, -0.2) is 4.39 Å². The number of halogens is 1. The van der Waals surface area contributed by atoms with E-state index in [0.29, 0.717) is 17.8 Å². The van der Waals surface area contributed by atoms with Crippen molar-refractivity contribution in [2.45, 2.75) is 32.2 Å². The maximum atomic E-state index is 14.3. The number of benzene rings is 3. The molecule has 0 aliphatic rings. The molecule has 0 aliphatic carbocycles. The van der Waals surface area contributed by atoms with E-state index >= 15 is 0 Å². The number of para-hydroxylation sites is 1. The minimum atomic E-state index is -4.20. The average Bonchev–Trinajstić information content (AvgIpc) is 2.79. The van der Waals surface area contributed by atoms with Gasteiger partial charge in [-0.3, -0.25) is 9.59 Å². The van der Waals surface area contributed by atoms with E-state index in [1.807, 2.05) is 13.8 Å². The SMILES string of the molecule is CC(=O)Nc1ccc(S(=O)(=O)Oc2ccccc2CN(CC(C)C)C(=O)c2ccccc2F)cc1. The van der Waals surface area contributed by atoms with Crippen LogP contribution in [0.25, 0.3) is 0 Å². The number of amides is 2. The third-order valence-corrected chi connectivity index (χ3v) is 6.22. The Hall–Kier alpha value is -3.72. The molecule has 184 valence electrons. The molecule has 1 N–H and O–H groups in total. The number of anilines is 1. The normalized spacial score (nSPS) is 11.2. The Labute approximate surface area is 204 Å². The number of carbonyl (C=O) groups is 2. The summed E-state index contributed by atoms with van der Waals surface area (Å²) in [6, 6.07) is 17.8. The fourth-order valence-electron chi connectivity index (χ4n) is 3.46. The van der Waals surface area contributed by atoms with Crippen molar-refractivity contribution < 1.29 is 26.6 Å². The van der Waals surface area contributed by atoms with E-state index in [1.165, 1.54) is 60.4 Å². The van der Waals surface area contributed by atoms with Crippen molar-refractivity contribution in [3.05, 3.63) is 89.7 Å². The largest absolute Gasteiger partial charge is 0.379 e. The number of nitrogens with one attached hydrogen (secondary N) is 1. The van der Waals surface area contributed by atoms with Crippen LogP contribution in [0.4, 0.5) is 10.1 Å². The smallest absolute Gasteiger partial charge is 0.339 e. The molecule has 0 saturated heterocycles. The van der Waals surface area contributed by atoms with Gasteiger partial charge >= 0.3 is 10.1 Å². The molecule has 0 radical (unpaired) electrons. The number of hydrogen-bond acceptors (Lipinski definition) is 5. The van der Waals surface area contributed by atoms with Crippen molar-refractivity contribution in [1.29, 1.82) is 0 Å². The predicted octanol–water partition coefficient (Wildman–Crippen LogP) is 4.85. The van der Waals surface area contributed by atoms with Crippen LogP contribution < -0.4 is 9.50 Å². The van der Waals surface area contributed by atoms with Crippen LogP contribution in [0.1, 0.15) is 36.7 Å². The van der Waals surface area contributed by atoms with Crippen LogP contribution in [-0.4, -0.2) is 31.7 Å². The maximum absolute atomic E-state index is 14.3. The van der Waals surface area contributed by atoms with Gasteiger partial charge in [-0.1, -0.05) is 44.2 Å². The molecular weight excluding hydrogens is 471 g/mol. The standard InChI is InChI=1S/C26H27FN2O5S/c1-18(2)16-29(26(31)23-9-5-6-10-24(23)27)17-20-8-4-7-11-25(20)34-35(32,33)22-14-12-21(13-15-22)28-19(3)30/h4-15,18H,16-17H2,1-3H3,(H,28,30). The first-order chi connectivity index (χ1) is 16.6. The highest BCUT2D eigenvalue weighted by Crippen LogP contribution is 2.26. The summed E-state index contributed by atoms with van der Waals surface area (Å²) < 4.78 is 45.5. The second-order valence-corrected chi connectivity index (χ2v) is 9.96. The minimum Gasteiger partial charge on any atom is -0.379 e. The van der Waals surface area contributed by atoms with E-state index in [-0.39, 0.29) is 34.6 Å². The van der Waals surface area contributed by atoms with Gasteiger partial charge in [0.15, 0.2) is 0 Å². The molecule has 3 rings (SSSR count). The molecular formula is C26H27FN2O5S. The lowest BCUT2D eigenvalue weighted by Gasteiger charge is -2.26. The Kier molecular flexibility index (Phi) is 8.24. The molecule has 2 amide bonds. The number of nitrogens with zero attached hydrogens (tertiary/aromatic N) is 1. The molecule has 0 bridgehead atoms. The lowest BCUT2D eigenvalue weighted by atomic mass is 10.1. The summed E-state index contributed by atoms with van der Waals surface area (Å²) in [7, 11) is -4.20. The maximum Gasteiger partial charge on any atom is 0.339 e. The summed E-state index contributed by atoms with van der Waals surface area (Å²) in [5.74, 6) is -1.25. The van der Waals surface area contributed by atoms with Crippen molar-refractivity contribution in [3.8, 4) is 5.75 Å². The van der Waals surface area contributed by atoms with Gasteiger partial charge in [0, 0.05) is 31.3 Å². The number of carbonyl (C=O) groups excluding carboxylic acids is 2. The molecule has 0 heterocycles. The predicted molar refractivity (Wildman–Crippen MR) is 131 cm³/mol. The molecule has 3 aromatic rings. The van der Waals surface area contributed by atoms with Gasteiger partial charge in [0.05, 0.1) is 5.56 Å². The van der Waals surface area contributed by atoms with Crippen LogP contribution in [0.5, 0.6) is 5.75 Å². The molecule has 9 heteroatoms. The highest BCUT2D eigenvalue weighted by atomic mass is 32.2. The first-order valence-corrected chi connectivity index (χ1v) is 12.4. The average molecular weight is 499 g/mol. The van der Waals surface area contributed by atoms with Gasteiger partial charge in [-0.05, 0) is 48.4 Å². The number of hydrogen-bond donors (Lipinski definition) is 1. The van der Waals surface area contributed by atoms with E-state index in [0.717, 1.165) is 0 Å². The van der Waals surface area contributed by atoms with Gasteiger partial charge in [0.25, 0.3) is 5.91 Å². The fourth-order valence-corrected chi connectivity index (χ4v) is 4.43. The highest BCUT2D eigenvalue weighted by Gasteiger charge is 2.23. The Balaban J connectivity index is 1.87. The van der Waals surface area contributed by atoms with Gasteiger partial charge in [0.1, 0.15) is 16.5 Å². The Morgan fingerprint density at radius 2 is 1.60 bits per heavy atom. The van der Waals surface area contributed by atoms with E-state index in [2.05, 4.69) is 5.32 Å². The molecule has 0 saturated carbocycles. The Morgan fingerprint density at radius 3 is 2.23 bits per heavy atom. The lowest BCUT2D eigenvalue weighted by molar-refractivity contribution is -0.114. The Bertz CT molecular complexity index is 1310. The van der Waals surface area contributed by atoms with Gasteiger partial charge in [-0.2, -0.15) is 8.42 Å². The van der Waals surface area contributed by atoms with Gasteiger partial charge in [-0.15, -0.1) is 0 Å². The molecule has 0 atom stereocenters. The number of rotatable bonds is 9. The minimum absolute atomic E-state index is 0.0263. The lowest BCUT2D eigenvalue weighted by Crippen LogP contribution is -2.34. The second kappa shape index (κ2) is 11.1. The zero-order valence-corrected chi connectivity index (χ0v) is 20.5. The van der Waals surface area contributed by atoms with E-state index < -0.39 is 21.8 Å². The van der Waals surface area contributed by atoms with E-state index in [1.54, 1.807) is 24.3 Å². The summed E-state index contributed by atoms with van der Waals surface area (Å²) in [5.41, 5.74) is 0.850. The van der Waals surface area contributed by atoms with Crippen molar-refractivity contribution in [3.63, 3.8) is 0 Å². The molecule has 35 heavy (non-hydrogen) atoms. The van der Waals surface area contributed by atoms with Crippen molar-refractivity contribution in [2.75, 3.05) is 11.9 Å².